The van der Waals surface area contributed by atoms with E-state index < -0.39 is 0 Å². The Balaban J connectivity index is 1.45. The highest BCUT2D eigenvalue weighted by Crippen LogP contribution is 2.21. The Morgan fingerprint density at radius 2 is 1.67 bits per heavy atom. The lowest BCUT2D eigenvalue weighted by molar-refractivity contribution is 0.0657. The van der Waals surface area contributed by atoms with Crippen LogP contribution in [0.4, 0.5) is 0 Å². The van der Waals surface area contributed by atoms with E-state index in [2.05, 4.69) is 15.6 Å². The Hall–Kier alpha value is -2.86. The average molecular weight is 385 g/mol. The van der Waals surface area contributed by atoms with Crippen LogP contribution in [0.1, 0.15) is 26.3 Å². The lowest BCUT2D eigenvalue weighted by atomic mass is 10.1. The van der Waals surface area contributed by atoms with Crippen LogP contribution in [0.2, 0.25) is 5.02 Å². The van der Waals surface area contributed by atoms with Gasteiger partial charge in [0, 0.05) is 31.7 Å². The van der Waals surface area contributed by atoms with Crippen molar-refractivity contribution in [1.82, 2.24) is 15.5 Å². The van der Waals surface area contributed by atoms with E-state index in [1.807, 2.05) is 24.3 Å². The highest BCUT2D eigenvalue weighted by atomic mass is 35.5. The van der Waals surface area contributed by atoms with Crippen molar-refractivity contribution in [2.45, 2.75) is 6.42 Å². The maximum atomic E-state index is 12.3. The van der Waals surface area contributed by atoms with Crippen molar-refractivity contribution in [2.24, 2.45) is 4.99 Å². The van der Waals surface area contributed by atoms with Gasteiger partial charge in [-0.3, -0.25) is 19.5 Å². The fraction of sp³-hybridized carbons (Fsp3) is 0.250. The van der Waals surface area contributed by atoms with Crippen molar-refractivity contribution >= 4 is 29.4 Å². The van der Waals surface area contributed by atoms with Gasteiger partial charge in [0.2, 0.25) is 0 Å². The van der Waals surface area contributed by atoms with E-state index in [4.69, 9.17) is 11.6 Å². The van der Waals surface area contributed by atoms with Gasteiger partial charge in [0.15, 0.2) is 5.96 Å². The topological polar surface area (TPSA) is 73.8 Å². The number of hydrogen-bond donors (Lipinski definition) is 2. The van der Waals surface area contributed by atoms with Gasteiger partial charge >= 0.3 is 0 Å². The van der Waals surface area contributed by atoms with E-state index in [1.165, 1.54) is 4.90 Å². The van der Waals surface area contributed by atoms with Crippen LogP contribution in [-0.4, -0.2) is 49.4 Å². The molecule has 0 atom stereocenters. The van der Waals surface area contributed by atoms with Crippen LogP contribution in [0.15, 0.2) is 53.5 Å². The zero-order chi connectivity index (χ0) is 19.2. The van der Waals surface area contributed by atoms with E-state index in [1.54, 1.807) is 31.3 Å². The number of aliphatic imine (C=N–C) groups is 1. The Morgan fingerprint density at radius 3 is 2.30 bits per heavy atom. The molecule has 0 unspecified atom stereocenters. The molecule has 1 heterocycles. The van der Waals surface area contributed by atoms with Gasteiger partial charge in [0.05, 0.1) is 11.1 Å². The number of rotatable bonds is 6. The molecule has 0 radical (unpaired) electrons. The summed E-state index contributed by atoms with van der Waals surface area (Å²) in [4.78, 5) is 30.1. The molecular weight excluding hydrogens is 364 g/mol. The minimum Gasteiger partial charge on any atom is -0.356 e. The first kappa shape index (κ1) is 18.9. The molecule has 0 aliphatic carbocycles. The highest BCUT2D eigenvalue weighted by molar-refractivity contribution is 6.30. The molecule has 2 amide bonds. The number of benzene rings is 2. The van der Waals surface area contributed by atoms with Crippen LogP contribution in [0.3, 0.4) is 0 Å². The van der Waals surface area contributed by atoms with Crippen LogP contribution < -0.4 is 10.6 Å². The molecule has 2 N–H and O–H groups in total. The zero-order valence-corrected chi connectivity index (χ0v) is 15.8. The summed E-state index contributed by atoms with van der Waals surface area (Å²) < 4.78 is 0. The first-order valence-corrected chi connectivity index (χ1v) is 9.12. The number of halogens is 1. The van der Waals surface area contributed by atoms with Crippen molar-refractivity contribution in [2.75, 3.05) is 26.7 Å². The molecule has 0 aromatic heterocycles. The Morgan fingerprint density at radius 1 is 1.00 bits per heavy atom. The SMILES string of the molecule is CN=C(NCCc1cccc(Cl)c1)NCCN1C(=O)c2ccccc2C1=O. The van der Waals surface area contributed by atoms with Crippen LogP contribution in [0.25, 0.3) is 0 Å². The first-order valence-electron chi connectivity index (χ1n) is 8.74. The molecule has 140 valence electrons. The summed E-state index contributed by atoms with van der Waals surface area (Å²) in [6.07, 6.45) is 0.805. The van der Waals surface area contributed by atoms with Crippen molar-refractivity contribution in [3.63, 3.8) is 0 Å². The smallest absolute Gasteiger partial charge is 0.261 e. The molecular formula is C20H21ClN4O2. The van der Waals surface area contributed by atoms with Crippen LogP contribution in [-0.2, 0) is 6.42 Å². The molecule has 0 bridgehead atoms. The number of carbonyl (C=O) groups excluding carboxylic acids is 2. The van der Waals surface area contributed by atoms with Crippen LogP contribution in [0.5, 0.6) is 0 Å². The van der Waals surface area contributed by atoms with E-state index in [0.717, 1.165) is 17.0 Å². The van der Waals surface area contributed by atoms with Crippen LogP contribution in [0, 0.1) is 0 Å². The third kappa shape index (κ3) is 4.46. The molecule has 27 heavy (non-hydrogen) atoms. The molecule has 6 nitrogen and oxygen atoms in total. The molecule has 0 saturated heterocycles. The number of hydrogen-bond acceptors (Lipinski definition) is 3. The summed E-state index contributed by atoms with van der Waals surface area (Å²) in [5.41, 5.74) is 2.06. The summed E-state index contributed by atoms with van der Waals surface area (Å²) in [6.45, 7) is 1.39. The summed E-state index contributed by atoms with van der Waals surface area (Å²) in [7, 11) is 1.68. The molecule has 7 heteroatoms. The van der Waals surface area contributed by atoms with E-state index in [-0.39, 0.29) is 18.4 Å². The fourth-order valence-corrected chi connectivity index (χ4v) is 3.18. The number of imide groups is 1. The van der Waals surface area contributed by atoms with Gasteiger partial charge in [-0.25, -0.2) is 0 Å². The minimum absolute atomic E-state index is 0.249. The monoisotopic (exact) mass is 384 g/mol. The second-order valence-corrected chi connectivity index (χ2v) is 6.55. The predicted molar refractivity (Wildman–Crippen MR) is 106 cm³/mol. The van der Waals surface area contributed by atoms with Gasteiger partial charge in [0.25, 0.3) is 11.8 Å². The van der Waals surface area contributed by atoms with Gasteiger partial charge in [-0.1, -0.05) is 35.9 Å². The Bertz CT molecular complexity index is 847. The average Bonchev–Trinajstić information content (AvgIpc) is 2.92. The van der Waals surface area contributed by atoms with E-state index in [9.17, 15) is 9.59 Å². The standard InChI is InChI=1S/C20H21ClN4O2/c1-22-20(23-10-9-14-5-4-6-15(21)13-14)24-11-12-25-18(26)16-7-2-3-8-17(16)19(25)27/h2-8,13H,9-12H2,1H3,(H2,22,23,24). The third-order valence-corrected chi connectivity index (χ3v) is 4.56. The first-order chi connectivity index (χ1) is 13.1. The predicted octanol–water partition coefficient (Wildman–Crippen LogP) is 2.34. The molecule has 3 rings (SSSR count). The number of amides is 2. The van der Waals surface area contributed by atoms with Gasteiger partial charge in [-0.2, -0.15) is 0 Å². The fourth-order valence-electron chi connectivity index (χ4n) is 2.97. The van der Waals surface area contributed by atoms with Gasteiger partial charge in [-0.15, -0.1) is 0 Å². The number of carbonyl (C=O) groups is 2. The van der Waals surface area contributed by atoms with Gasteiger partial charge in [0.1, 0.15) is 0 Å². The Labute approximate surface area is 163 Å². The number of fused-ring (bicyclic) bond motifs is 1. The number of nitrogens with zero attached hydrogens (tertiary/aromatic N) is 2. The van der Waals surface area contributed by atoms with E-state index >= 15 is 0 Å². The maximum Gasteiger partial charge on any atom is 0.261 e. The highest BCUT2D eigenvalue weighted by Gasteiger charge is 2.34. The van der Waals surface area contributed by atoms with Crippen molar-refractivity contribution in [3.05, 3.63) is 70.2 Å². The largest absolute Gasteiger partial charge is 0.356 e. The molecule has 0 saturated carbocycles. The normalized spacial score (nSPS) is 13.7. The van der Waals surface area contributed by atoms with E-state index in [0.29, 0.717) is 30.2 Å². The van der Waals surface area contributed by atoms with Crippen molar-refractivity contribution in [3.8, 4) is 0 Å². The summed E-state index contributed by atoms with van der Waals surface area (Å²) in [5.74, 6) is 0.122. The molecule has 1 aliphatic heterocycles. The molecule has 2 aromatic rings. The van der Waals surface area contributed by atoms with Gasteiger partial charge in [-0.05, 0) is 36.2 Å². The number of nitrogens with one attached hydrogen (secondary N) is 2. The summed E-state index contributed by atoms with van der Waals surface area (Å²) in [5, 5.41) is 7.06. The second-order valence-electron chi connectivity index (χ2n) is 6.11. The summed E-state index contributed by atoms with van der Waals surface area (Å²) in [6, 6.07) is 14.6. The molecule has 1 aliphatic rings. The Kier molecular flexibility index (Phi) is 6.08. The minimum atomic E-state index is -0.249. The maximum absolute atomic E-state index is 12.3. The lowest BCUT2D eigenvalue weighted by Crippen LogP contribution is -2.43. The lowest BCUT2D eigenvalue weighted by Gasteiger charge is -2.16. The summed E-state index contributed by atoms with van der Waals surface area (Å²) >= 11 is 5.99. The second kappa shape index (κ2) is 8.68. The quantitative estimate of drug-likeness (QED) is 0.455. The molecule has 2 aromatic carbocycles. The van der Waals surface area contributed by atoms with Crippen molar-refractivity contribution < 1.29 is 9.59 Å². The zero-order valence-electron chi connectivity index (χ0n) is 15.0. The van der Waals surface area contributed by atoms with Gasteiger partial charge < -0.3 is 10.6 Å². The van der Waals surface area contributed by atoms with Crippen LogP contribution >= 0.6 is 11.6 Å². The number of guanidine groups is 1. The molecule has 0 fully saturated rings. The van der Waals surface area contributed by atoms with Crippen molar-refractivity contribution in [1.29, 1.82) is 0 Å². The molecule has 0 spiro atoms. The third-order valence-electron chi connectivity index (χ3n) is 4.32.